The van der Waals surface area contributed by atoms with Gasteiger partial charge in [-0.15, -0.1) is 0 Å². The van der Waals surface area contributed by atoms with Crippen molar-refractivity contribution < 1.29 is 23.2 Å². The van der Waals surface area contributed by atoms with Crippen LogP contribution in [0.2, 0.25) is 0 Å². The molecule has 172 valence electrons. The fraction of sp³-hybridized carbons (Fsp3) is 0.348. The van der Waals surface area contributed by atoms with Gasteiger partial charge in [-0.25, -0.2) is 8.78 Å². The molecule has 0 aliphatic heterocycles. The lowest BCUT2D eigenvalue weighted by molar-refractivity contribution is -0.128. The summed E-state index contributed by atoms with van der Waals surface area (Å²) in [5.41, 5.74) is 5.67. The van der Waals surface area contributed by atoms with Gasteiger partial charge in [0.1, 0.15) is 11.6 Å². The summed E-state index contributed by atoms with van der Waals surface area (Å²) < 4.78 is 28.1. The number of halogens is 2. The highest BCUT2D eigenvalue weighted by atomic mass is 19.1. The van der Waals surface area contributed by atoms with E-state index < -0.39 is 35.0 Å². The first-order valence-electron chi connectivity index (χ1n) is 10.1. The molecular formula is C23H28F2N4O3. The Labute approximate surface area is 185 Å². The van der Waals surface area contributed by atoms with Crippen LogP contribution in [0.4, 0.5) is 8.78 Å². The van der Waals surface area contributed by atoms with Gasteiger partial charge in [-0.3, -0.25) is 14.4 Å². The highest BCUT2D eigenvalue weighted by molar-refractivity contribution is 5.96. The lowest BCUT2D eigenvalue weighted by Crippen LogP contribution is -2.48. The van der Waals surface area contributed by atoms with Crippen molar-refractivity contribution in [2.75, 3.05) is 13.1 Å². The average Bonchev–Trinajstić information content (AvgIpc) is 2.70. The fourth-order valence-electron chi connectivity index (χ4n) is 2.91. The summed E-state index contributed by atoms with van der Waals surface area (Å²) in [5, 5.41) is 7.72. The molecule has 3 amide bonds. The summed E-state index contributed by atoms with van der Waals surface area (Å²) in [6.07, 6.45) is -0.177. The van der Waals surface area contributed by atoms with E-state index in [1.807, 2.05) is 20.8 Å². The van der Waals surface area contributed by atoms with Gasteiger partial charge in [0.2, 0.25) is 11.8 Å². The highest BCUT2D eigenvalue weighted by Gasteiger charge is 2.21. The van der Waals surface area contributed by atoms with Crippen LogP contribution >= 0.6 is 0 Å². The summed E-state index contributed by atoms with van der Waals surface area (Å²) in [6.45, 7) is 5.48. The Morgan fingerprint density at radius 3 is 2.28 bits per heavy atom. The van der Waals surface area contributed by atoms with Crippen molar-refractivity contribution in [1.82, 2.24) is 16.0 Å². The predicted molar refractivity (Wildman–Crippen MR) is 118 cm³/mol. The van der Waals surface area contributed by atoms with Gasteiger partial charge in [0.25, 0.3) is 5.91 Å². The molecule has 0 fully saturated rings. The number of hydrogen-bond acceptors (Lipinski definition) is 4. The first-order valence-corrected chi connectivity index (χ1v) is 10.1. The van der Waals surface area contributed by atoms with Crippen LogP contribution in [0.1, 0.15) is 37.6 Å². The molecule has 1 atom stereocenters. The topological polar surface area (TPSA) is 113 Å². The van der Waals surface area contributed by atoms with Crippen LogP contribution in [-0.2, 0) is 9.59 Å². The normalized spacial score (nSPS) is 12.1. The van der Waals surface area contributed by atoms with Gasteiger partial charge < -0.3 is 21.7 Å². The molecule has 0 aliphatic rings. The van der Waals surface area contributed by atoms with Gasteiger partial charge in [0.05, 0.1) is 18.0 Å². The lowest BCUT2D eigenvalue weighted by Gasteiger charge is -2.21. The van der Waals surface area contributed by atoms with Gasteiger partial charge in [-0.1, -0.05) is 24.3 Å². The number of nitrogens with two attached hydrogens (primary N) is 1. The first kappa shape index (κ1) is 24.9. The molecule has 2 aromatic carbocycles. The molecule has 0 aliphatic carbocycles. The average molecular weight is 446 g/mol. The summed E-state index contributed by atoms with van der Waals surface area (Å²) in [7, 11) is 0. The summed E-state index contributed by atoms with van der Waals surface area (Å²) in [6, 6.07) is 8.70. The minimum atomic E-state index is -1.04. The van der Waals surface area contributed by atoms with E-state index in [-0.39, 0.29) is 36.5 Å². The summed E-state index contributed by atoms with van der Waals surface area (Å²) in [5.74, 6) is -2.84. The number of benzene rings is 2. The van der Waals surface area contributed by atoms with Crippen molar-refractivity contribution in [3.05, 3.63) is 59.7 Å². The Kier molecular flexibility index (Phi) is 8.42. The smallest absolute Gasteiger partial charge is 0.254 e. The molecule has 9 heteroatoms. The van der Waals surface area contributed by atoms with Gasteiger partial charge in [0.15, 0.2) is 0 Å². The third-order valence-electron chi connectivity index (χ3n) is 4.36. The number of nitrogens with one attached hydrogen (secondary N) is 3. The van der Waals surface area contributed by atoms with E-state index in [1.54, 1.807) is 6.07 Å². The van der Waals surface area contributed by atoms with Crippen molar-refractivity contribution >= 4 is 17.7 Å². The number of carbonyl (C=O) groups excluding carboxylic acids is 3. The molecule has 7 nitrogen and oxygen atoms in total. The van der Waals surface area contributed by atoms with E-state index >= 15 is 0 Å². The predicted octanol–water partition coefficient (Wildman–Crippen LogP) is 2.11. The largest absolute Gasteiger partial charge is 0.353 e. The van der Waals surface area contributed by atoms with Crippen LogP contribution in [0.25, 0.3) is 11.1 Å². The number of carbonyl (C=O) groups is 3. The van der Waals surface area contributed by atoms with Gasteiger partial charge in [-0.2, -0.15) is 0 Å². The Morgan fingerprint density at radius 2 is 1.62 bits per heavy atom. The van der Waals surface area contributed by atoms with E-state index in [9.17, 15) is 23.2 Å². The molecule has 0 radical (unpaired) electrons. The number of hydrogen-bond donors (Lipinski definition) is 4. The molecule has 5 N–H and O–H groups in total. The maximum atomic E-state index is 14.1. The molecule has 2 aromatic rings. The standard InChI is InChI=1S/C23H28F2N4O3/c1-23(2,3)29-20(30)13-19(26)22(32)28-11-10-27-21(31)16-12-14(8-9-18(16)25)15-6-4-5-7-17(15)24/h4-9,12,19H,10-11,13,26H2,1-3H3,(H,27,31)(H,28,32)(H,29,30). The summed E-state index contributed by atoms with van der Waals surface area (Å²) >= 11 is 0. The SMILES string of the molecule is CC(C)(C)NC(=O)CC(N)C(=O)NCCNC(=O)c1cc(-c2ccccc2F)ccc1F. The quantitative estimate of drug-likeness (QED) is 0.465. The van der Waals surface area contributed by atoms with Gasteiger partial charge in [-0.05, 0) is 44.5 Å². The molecule has 0 spiro atoms. The van der Waals surface area contributed by atoms with Gasteiger partial charge >= 0.3 is 0 Å². The van der Waals surface area contributed by atoms with Crippen molar-refractivity contribution in [3.63, 3.8) is 0 Å². The third kappa shape index (κ3) is 7.42. The Balaban J connectivity index is 1.87. The second-order valence-corrected chi connectivity index (χ2v) is 8.33. The zero-order valence-corrected chi connectivity index (χ0v) is 18.3. The van der Waals surface area contributed by atoms with Crippen molar-refractivity contribution in [2.45, 2.75) is 38.8 Å². The van der Waals surface area contributed by atoms with Crippen LogP contribution in [-0.4, -0.2) is 42.4 Å². The molecule has 0 saturated heterocycles. The van der Waals surface area contributed by atoms with E-state index in [1.165, 1.54) is 30.3 Å². The minimum Gasteiger partial charge on any atom is -0.353 e. The molecule has 0 saturated carbocycles. The third-order valence-corrected chi connectivity index (χ3v) is 4.36. The molecule has 0 aromatic heterocycles. The maximum absolute atomic E-state index is 14.1. The number of rotatable bonds is 8. The molecule has 1 unspecified atom stereocenters. The van der Waals surface area contributed by atoms with E-state index in [4.69, 9.17) is 5.73 Å². The molecule has 0 heterocycles. The minimum absolute atomic E-state index is 0.00878. The van der Waals surface area contributed by atoms with Crippen LogP contribution in [0.15, 0.2) is 42.5 Å². The van der Waals surface area contributed by atoms with Crippen LogP contribution in [0, 0.1) is 11.6 Å². The molecular weight excluding hydrogens is 418 g/mol. The Morgan fingerprint density at radius 1 is 0.969 bits per heavy atom. The number of amides is 3. The lowest BCUT2D eigenvalue weighted by atomic mass is 10.0. The van der Waals surface area contributed by atoms with Gasteiger partial charge in [0, 0.05) is 24.2 Å². The second-order valence-electron chi connectivity index (χ2n) is 8.33. The highest BCUT2D eigenvalue weighted by Crippen LogP contribution is 2.24. The fourth-order valence-corrected chi connectivity index (χ4v) is 2.91. The van der Waals surface area contributed by atoms with Crippen LogP contribution in [0.3, 0.4) is 0 Å². The molecule has 0 bridgehead atoms. The molecule has 32 heavy (non-hydrogen) atoms. The summed E-state index contributed by atoms with van der Waals surface area (Å²) in [4.78, 5) is 36.2. The van der Waals surface area contributed by atoms with Crippen molar-refractivity contribution in [1.29, 1.82) is 0 Å². The maximum Gasteiger partial charge on any atom is 0.254 e. The van der Waals surface area contributed by atoms with E-state index in [0.29, 0.717) is 5.56 Å². The zero-order chi connectivity index (χ0) is 23.9. The van der Waals surface area contributed by atoms with Crippen LogP contribution in [0.5, 0.6) is 0 Å². The van der Waals surface area contributed by atoms with E-state index in [2.05, 4.69) is 16.0 Å². The van der Waals surface area contributed by atoms with Crippen molar-refractivity contribution in [3.8, 4) is 11.1 Å². The zero-order valence-electron chi connectivity index (χ0n) is 18.3. The first-order chi connectivity index (χ1) is 15.0. The second kappa shape index (κ2) is 10.8. The van der Waals surface area contributed by atoms with Crippen LogP contribution < -0.4 is 21.7 Å². The van der Waals surface area contributed by atoms with E-state index in [0.717, 1.165) is 6.07 Å². The monoisotopic (exact) mass is 446 g/mol. The molecule has 2 rings (SSSR count). The Bertz CT molecular complexity index is 989. The van der Waals surface area contributed by atoms with Crippen molar-refractivity contribution in [2.24, 2.45) is 5.73 Å². The Hall–Kier alpha value is -3.33.